The fraction of sp³-hybridized carbons (Fsp3) is 0.556. The number of likely N-dealkylation sites (tertiary alicyclic amines) is 1. The van der Waals surface area contributed by atoms with Crippen LogP contribution in [0, 0.1) is 0 Å². The fourth-order valence-corrected chi connectivity index (χ4v) is 2.84. The van der Waals surface area contributed by atoms with Gasteiger partial charge in [-0.2, -0.15) is 5.10 Å². The molecule has 0 aromatic heterocycles. The zero-order chi connectivity index (χ0) is 16.3. The van der Waals surface area contributed by atoms with Crippen molar-refractivity contribution < 1.29 is 14.4 Å². The van der Waals surface area contributed by atoms with Gasteiger partial charge in [-0.1, -0.05) is 6.42 Å². The van der Waals surface area contributed by atoms with Gasteiger partial charge in [-0.15, -0.1) is 0 Å². The second-order valence-electron chi connectivity index (χ2n) is 5.99. The highest BCUT2D eigenvalue weighted by atomic mass is 16.5. The van der Waals surface area contributed by atoms with Crippen LogP contribution in [0.25, 0.3) is 0 Å². The quantitative estimate of drug-likeness (QED) is 0.615. The lowest BCUT2D eigenvalue weighted by atomic mass is 10.1. The summed E-state index contributed by atoms with van der Waals surface area (Å²) in [6.45, 7) is 5.31. The number of hydrogen-bond acceptors (Lipinski definition) is 3. The smallest absolute Gasteiger partial charge is 0.295 e. The molecule has 2 N–H and O–H groups in total. The van der Waals surface area contributed by atoms with E-state index >= 15 is 0 Å². The molecule has 0 unspecified atom stereocenters. The van der Waals surface area contributed by atoms with E-state index in [1.165, 1.54) is 37.0 Å². The predicted molar refractivity (Wildman–Crippen MR) is 92.0 cm³/mol. The van der Waals surface area contributed by atoms with Crippen molar-refractivity contribution in [3.63, 3.8) is 0 Å². The van der Waals surface area contributed by atoms with Crippen LogP contribution in [0.3, 0.4) is 0 Å². The summed E-state index contributed by atoms with van der Waals surface area (Å²) in [7, 11) is 0. The molecule has 2 rings (SSSR count). The average molecular weight is 318 g/mol. The minimum atomic E-state index is -0.0113. The van der Waals surface area contributed by atoms with Gasteiger partial charge in [0.15, 0.2) is 6.54 Å². The molecular weight excluding hydrogens is 290 g/mol. The summed E-state index contributed by atoms with van der Waals surface area (Å²) in [5.41, 5.74) is 3.57. The standard InChI is InChI=1S/C18H27N3O2/c1-2-23-17-10-8-16(9-11-17)14-19-20-18(22)15-21-12-6-4-3-5-7-13-21/h8-11,14H,2-7,12-13,15H2,1H3,(H,20,22)/p+1/b19-14-. The maximum atomic E-state index is 12.0. The monoisotopic (exact) mass is 318 g/mol. The van der Waals surface area contributed by atoms with Gasteiger partial charge in [0.1, 0.15) is 5.75 Å². The summed E-state index contributed by atoms with van der Waals surface area (Å²) in [6.07, 6.45) is 8.03. The second-order valence-corrected chi connectivity index (χ2v) is 5.99. The molecule has 5 nitrogen and oxygen atoms in total. The number of nitrogens with one attached hydrogen (secondary N) is 2. The van der Waals surface area contributed by atoms with Crippen LogP contribution in [0.5, 0.6) is 5.75 Å². The van der Waals surface area contributed by atoms with Gasteiger partial charge in [-0.05, 0) is 62.4 Å². The molecule has 0 aliphatic carbocycles. The summed E-state index contributed by atoms with van der Waals surface area (Å²) in [5.74, 6) is 0.831. The molecule has 5 heteroatoms. The molecule has 0 bridgehead atoms. The Balaban J connectivity index is 1.74. The van der Waals surface area contributed by atoms with Crippen LogP contribution in [0.15, 0.2) is 29.4 Å². The number of amides is 1. The molecule has 23 heavy (non-hydrogen) atoms. The number of nitrogens with zero attached hydrogens (tertiary/aromatic N) is 1. The normalized spacial score (nSPS) is 16.7. The molecule has 126 valence electrons. The highest BCUT2D eigenvalue weighted by molar-refractivity contribution is 5.82. The Bertz CT molecular complexity index is 491. The minimum absolute atomic E-state index is 0.0113. The first-order valence-electron chi connectivity index (χ1n) is 8.66. The van der Waals surface area contributed by atoms with Gasteiger partial charge in [0, 0.05) is 0 Å². The van der Waals surface area contributed by atoms with Crippen molar-refractivity contribution in [3.05, 3.63) is 29.8 Å². The van der Waals surface area contributed by atoms with Gasteiger partial charge in [-0.25, -0.2) is 5.43 Å². The number of hydrogen-bond donors (Lipinski definition) is 2. The van der Waals surface area contributed by atoms with Crippen molar-refractivity contribution in [1.29, 1.82) is 0 Å². The summed E-state index contributed by atoms with van der Waals surface area (Å²) in [4.78, 5) is 13.3. The first-order chi connectivity index (χ1) is 11.3. The number of carbonyl (C=O) groups excluding carboxylic acids is 1. The van der Waals surface area contributed by atoms with Crippen LogP contribution in [0.1, 0.15) is 44.6 Å². The first-order valence-corrected chi connectivity index (χ1v) is 8.66. The molecule has 0 spiro atoms. The fourth-order valence-electron chi connectivity index (χ4n) is 2.84. The van der Waals surface area contributed by atoms with Crippen molar-refractivity contribution in [2.45, 2.75) is 39.0 Å². The molecule has 1 fully saturated rings. The van der Waals surface area contributed by atoms with Gasteiger partial charge < -0.3 is 9.64 Å². The molecule has 1 saturated heterocycles. The topological polar surface area (TPSA) is 55.1 Å². The van der Waals surface area contributed by atoms with E-state index in [-0.39, 0.29) is 5.91 Å². The van der Waals surface area contributed by atoms with Crippen molar-refractivity contribution >= 4 is 12.1 Å². The SMILES string of the molecule is CCOc1ccc(/C=N\NC(=O)C[NH+]2CCCCCCC2)cc1. The number of benzene rings is 1. The van der Waals surface area contributed by atoms with E-state index in [2.05, 4.69) is 10.5 Å². The number of rotatable bonds is 6. The Kier molecular flexibility index (Phi) is 7.60. The summed E-state index contributed by atoms with van der Waals surface area (Å²) >= 11 is 0. The lowest BCUT2D eigenvalue weighted by Crippen LogP contribution is -3.13. The van der Waals surface area contributed by atoms with Crippen molar-refractivity contribution in [1.82, 2.24) is 5.43 Å². The molecule has 1 aliphatic heterocycles. The highest BCUT2D eigenvalue weighted by Gasteiger charge is 2.14. The van der Waals surface area contributed by atoms with Crippen LogP contribution < -0.4 is 15.1 Å². The molecule has 1 aromatic rings. The molecule has 1 heterocycles. The van der Waals surface area contributed by atoms with E-state index in [9.17, 15) is 4.79 Å². The van der Waals surface area contributed by atoms with Crippen molar-refractivity contribution in [2.75, 3.05) is 26.2 Å². The van der Waals surface area contributed by atoms with Gasteiger partial charge in [0.2, 0.25) is 0 Å². The molecular formula is C18H28N3O2+. The Morgan fingerprint density at radius 2 is 1.83 bits per heavy atom. The second kappa shape index (κ2) is 10.0. The lowest BCUT2D eigenvalue weighted by molar-refractivity contribution is -0.893. The molecule has 0 radical (unpaired) electrons. The van der Waals surface area contributed by atoms with Crippen LogP contribution >= 0.6 is 0 Å². The van der Waals surface area contributed by atoms with Crippen LogP contribution in [0.2, 0.25) is 0 Å². The van der Waals surface area contributed by atoms with Crippen LogP contribution in [-0.4, -0.2) is 38.4 Å². The Morgan fingerprint density at radius 1 is 1.17 bits per heavy atom. The van der Waals surface area contributed by atoms with Crippen molar-refractivity contribution in [2.24, 2.45) is 5.10 Å². The average Bonchev–Trinajstić information content (AvgIpc) is 2.52. The van der Waals surface area contributed by atoms with E-state index in [0.29, 0.717) is 13.2 Å². The summed E-state index contributed by atoms with van der Waals surface area (Å²) in [5, 5.41) is 4.05. The van der Waals surface area contributed by atoms with E-state index in [0.717, 1.165) is 24.4 Å². The van der Waals surface area contributed by atoms with Crippen molar-refractivity contribution in [3.8, 4) is 5.75 Å². The lowest BCUT2D eigenvalue weighted by Gasteiger charge is -2.20. The molecule has 1 aliphatic rings. The first kappa shape index (κ1) is 17.5. The third-order valence-electron chi connectivity index (χ3n) is 4.07. The van der Waals surface area contributed by atoms with E-state index in [4.69, 9.17) is 4.74 Å². The third kappa shape index (κ3) is 6.82. The number of carbonyl (C=O) groups is 1. The third-order valence-corrected chi connectivity index (χ3v) is 4.07. The van der Waals surface area contributed by atoms with Crippen LogP contribution in [-0.2, 0) is 4.79 Å². The maximum Gasteiger partial charge on any atom is 0.295 e. The van der Waals surface area contributed by atoms with Gasteiger partial charge in [0.05, 0.1) is 25.9 Å². The van der Waals surface area contributed by atoms with Crippen LogP contribution in [0.4, 0.5) is 0 Å². The summed E-state index contributed by atoms with van der Waals surface area (Å²) < 4.78 is 5.39. The zero-order valence-electron chi connectivity index (χ0n) is 14.0. The molecule has 0 saturated carbocycles. The Morgan fingerprint density at radius 3 is 2.48 bits per heavy atom. The van der Waals surface area contributed by atoms with E-state index < -0.39 is 0 Å². The predicted octanol–water partition coefficient (Wildman–Crippen LogP) is 1.38. The minimum Gasteiger partial charge on any atom is -0.494 e. The highest BCUT2D eigenvalue weighted by Crippen LogP contribution is 2.10. The number of hydrazone groups is 1. The van der Waals surface area contributed by atoms with Gasteiger partial charge in [0.25, 0.3) is 5.91 Å². The molecule has 0 atom stereocenters. The number of quaternary nitrogens is 1. The zero-order valence-corrected chi connectivity index (χ0v) is 14.0. The van der Waals surface area contributed by atoms with E-state index in [1.54, 1.807) is 6.21 Å². The maximum absolute atomic E-state index is 12.0. The van der Waals surface area contributed by atoms with Gasteiger partial charge in [-0.3, -0.25) is 4.79 Å². The largest absolute Gasteiger partial charge is 0.494 e. The molecule has 1 aromatic carbocycles. The van der Waals surface area contributed by atoms with E-state index in [1.807, 2.05) is 31.2 Å². The number of ether oxygens (including phenoxy) is 1. The Hall–Kier alpha value is -1.88. The molecule has 1 amide bonds. The van der Waals surface area contributed by atoms with Gasteiger partial charge >= 0.3 is 0 Å². The summed E-state index contributed by atoms with van der Waals surface area (Å²) in [6, 6.07) is 7.64. The Labute approximate surface area is 138 Å².